The van der Waals surface area contributed by atoms with Gasteiger partial charge in [-0.3, -0.25) is 9.48 Å². The Balaban J connectivity index is 1.84. The van der Waals surface area contributed by atoms with Crippen LogP contribution in [-0.2, 0) is 7.05 Å². The molecule has 1 atom stereocenters. The van der Waals surface area contributed by atoms with Gasteiger partial charge in [0.25, 0.3) is 5.91 Å². The zero-order valence-electron chi connectivity index (χ0n) is 15.5. The second-order valence-electron chi connectivity index (χ2n) is 6.13. The lowest BCUT2D eigenvalue weighted by molar-refractivity contribution is 0.102. The number of methoxy groups -OCH3 is 1. The Morgan fingerprint density at radius 2 is 2.14 bits per heavy atom. The molecule has 0 spiro atoms. The van der Waals surface area contributed by atoms with Gasteiger partial charge in [0, 0.05) is 25.7 Å². The molecule has 3 aromatic rings. The highest BCUT2D eigenvalue weighted by Gasteiger charge is 2.19. The monoisotopic (exact) mass is 391 g/mol. The highest BCUT2D eigenvalue weighted by Crippen LogP contribution is 2.24. The average Bonchev–Trinajstić information content (AvgIpc) is 3.27. The van der Waals surface area contributed by atoms with Crippen LogP contribution in [-0.4, -0.2) is 49.0 Å². The van der Waals surface area contributed by atoms with Crippen molar-refractivity contribution in [3.63, 3.8) is 0 Å². The van der Waals surface area contributed by atoms with Crippen LogP contribution < -0.4 is 10.1 Å². The third-order valence-corrected chi connectivity index (χ3v) is 4.02. The third-order valence-electron chi connectivity index (χ3n) is 4.02. The van der Waals surface area contributed by atoms with Gasteiger partial charge in [-0.15, -0.1) is 15.3 Å². The summed E-state index contributed by atoms with van der Waals surface area (Å²) in [7, 11) is 3.09. The van der Waals surface area contributed by atoms with Crippen LogP contribution in [0, 0.1) is 0 Å². The fraction of sp³-hybridized carbons (Fsp3) is 0.353. The molecule has 9 nitrogen and oxygen atoms in total. The molecule has 3 aromatic heterocycles. The fourth-order valence-corrected chi connectivity index (χ4v) is 2.71. The molecule has 0 saturated carbocycles. The van der Waals surface area contributed by atoms with E-state index in [-0.39, 0.29) is 23.7 Å². The molecular weight excluding hydrogens is 372 g/mol. The normalized spacial score (nSPS) is 12.2. The first-order valence-electron chi connectivity index (χ1n) is 8.43. The molecule has 0 aliphatic heterocycles. The molecule has 0 unspecified atom stereocenters. The Hall–Kier alpha value is -3.37. The van der Waals surface area contributed by atoms with Crippen molar-refractivity contribution in [2.75, 3.05) is 12.4 Å². The van der Waals surface area contributed by atoms with Crippen molar-refractivity contribution in [1.29, 1.82) is 0 Å². The van der Waals surface area contributed by atoms with Crippen LogP contribution in [0.25, 0.3) is 11.5 Å². The summed E-state index contributed by atoms with van der Waals surface area (Å²) in [6.07, 6.45) is 0.136. The molecule has 0 fully saturated rings. The van der Waals surface area contributed by atoms with E-state index in [1.807, 2.05) is 0 Å². The minimum absolute atomic E-state index is 0.191. The van der Waals surface area contributed by atoms with E-state index in [2.05, 4.69) is 25.6 Å². The minimum atomic E-state index is -2.45. The van der Waals surface area contributed by atoms with Gasteiger partial charge in [0.15, 0.2) is 5.82 Å². The molecule has 0 aromatic carbocycles. The number of rotatable bonds is 7. The molecule has 11 heteroatoms. The summed E-state index contributed by atoms with van der Waals surface area (Å²) < 4.78 is 33.5. The zero-order chi connectivity index (χ0) is 20.3. The fourth-order valence-electron chi connectivity index (χ4n) is 2.71. The van der Waals surface area contributed by atoms with Crippen molar-refractivity contribution in [2.45, 2.75) is 25.8 Å². The zero-order valence-corrected chi connectivity index (χ0v) is 15.5. The third kappa shape index (κ3) is 4.13. The van der Waals surface area contributed by atoms with Crippen LogP contribution in [0.4, 0.5) is 14.6 Å². The smallest absolute Gasteiger partial charge is 0.263 e. The van der Waals surface area contributed by atoms with E-state index in [0.29, 0.717) is 11.5 Å². The van der Waals surface area contributed by atoms with Gasteiger partial charge in [-0.2, -0.15) is 0 Å². The number of carbonyl (C=O) groups excluding carboxylic acids is 1. The molecule has 28 heavy (non-hydrogen) atoms. The molecule has 0 saturated heterocycles. The Kier molecular flexibility index (Phi) is 5.62. The first kappa shape index (κ1) is 19.4. The van der Waals surface area contributed by atoms with Crippen molar-refractivity contribution < 1.29 is 18.3 Å². The number of aryl methyl sites for hydroxylation is 1. The highest BCUT2D eigenvalue weighted by molar-refractivity contribution is 6.05. The highest BCUT2D eigenvalue weighted by atomic mass is 19.3. The van der Waals surface area contributed by atoms with Crippen molar-refractivity contribution in [1.82, 2.24) is 29.5 Å². The number of anilines is 1. The Labute approximate surface area is 159 Å². The maximum Gasteiger partial charge on any atom is 0.263 e. The van der Waals surface area contributed by atoms with Crippen molar-refractivity contribution >= 4 is 11.7 Å². The van der Waals surface area contributed by atoms with Gasteiger partial charge in [0.05, 0.1) is 7.11 Å². The molecule has 0 radical (unpaired) electrons. The molecule has 3 heterocycles. The first-order valence-corrected chi connectivity index (χ1v) is 8.43. The molecule has 0 aliphatic carbocycles. The number of alkyl halides is 2. The summed E-state index contributed by atoms with van der Waals surface area (Å²) in [6, 6.07) is 4.43. The molecule has 0 aliphatic rings. The number of amides is 1. The summed E-state index contributed by atoms with van der Waals surface area (Å²) in [5.41, 5.74) is 0.653. The van der Waals surface area contributed by atoms with Crippen molar-refractivity contribution in [2.24, 2.45) is 7.05 Å². The molecule has 1 N–H and O–H groups in total. The maximum absolute atomic E-state index is 12.7. The largest absolute Gasteiger partial charge is 0.479 e. The molecule has 0 bridgehead atoms. The summed E-state index contributed by atoms with van der Waals surface area (Å²) in [5.74, 6) is 0.353. The van der Waals surface area contributed by atoms with E-state index in [1.54, 1.807) is 32.2 Å². The number of hydrogen-bond acceptors (Lipinski definition) is 6. The minimum Gasteiger partial charge on any atom is -0.479 e. The van der Waals surface area contributed by atoms with E-state index >= 15 is 0 Å². The number of nitrogens with zero attached hydrogens (tertiary/aromatic N) is 6. The number of ether oxygens (including phenoxy) is 1. The summed E-state index contributed by atoms with van der Waals surface area (Å²) in [4.78, 5) is 16.9. The molecule has 3 rings (SSSR count). The lowest BCUT2D eigenvalue weighted by Crippen LogP contribution is -2.14. The number of nitrogens with one attached hydrogen (secondary N) is 1. The van der Waals surface area contributed by atoms with Crippen LogP contribution in [0.3, 0.4) is 0 Å². The van der Waals surface area contributed by atoms with E-state index in [4.69, 9.17) is 4.74 Å². The van der Waals surface area contributed by atoms with Crippen LogP contribution >= 0.6 is 0 Å². The van der Waals surface area contributed by atoms with Gasteiger partial charge in [0.2, 0.25) is 12.3 Å². The number of pyridine rings is 1. The second kappa shape index (κ2) is 8.11. The van der Waals surface area contributed by atoms with Crippen LogP contribution in [0.1, 0.15) is 29.7 Å². The summed E-state index contributed by atoms with van der Waals surface area (Å²) in [5, 5.41) is 14.5. The molecular formula is C17H19F2N7O2. The Morgan fingerprint density at radius 1 is 1.36 bits per heavy atom. The van der Waals surface area contributed by atoms with E-state index in [1.165, 1.54) is 28.9 Å². The lowest BCUT2D eigenvalue weighted by Gasteiger charge is -2.14. The van der Waals surface area contributed by atoms with Gasteiger partial charge in [-0.25, -0.2) is 13.8 Å². The van der Waals surface area contributed by atoms with E-state index in [9.17, 15) is 13.6 Å². The SMILES string of the molecule is COc1nn(C)cc1C(=O)Nc1cccc(-c2nncn2[C@@H](C)CC(F)F)n1. The number of carbonyl (C=O) groups is 1. The van der Waals surface area contributed by atoms with Crippen LogP contribution in [0.5, 0.6) is 5.88 Å². The summed E-state index contributed by atoms with van der Waals surface area (Å²) >= 11 is 0. The average molecular weight is 391 g/mol. The van der Waals surface area contributed by atoms with E-state index < -0.39 is 18.4 Å². The standard InChI is InChI=1S/C17H19F2N7O2/c1-10(7-13(18)19)26-9-20-23-15(26)12-5-4-6-14(21-12)22-16(27)11-8-25(2)24-17(11)28-3/h4-6,8-10,13H,7H2,1-3H3,(H,21,22,27)/t10-/m0/s1. The topological polar surface area (TPSA) is 99.8 Å². The lowest BCUT2D eigenvalue weighted by atomic mass is 10.2. The second-order valence-corrected chi connectivity index (χ2v) is 6.13. The van der Waals surface area contributed by atoms with Gasteiger partial charge >= 0.3 is 0 Å². The maximum atomic E-state index is 12.7. The van der Waals surface area contributed by atoms with Crippen LogP contribution in [0.2, 0.25) is 0 Å². The molecule has 1 amide bonds. The van der Waals surface area contributed by atoms with Gasteiger partial charge in [0.1, 0.15) is 23.4 Å². The van der Waals surface area contributed by atoms with Crippen molar-refractivity contribution in [3.8, 4) is 17.4 Å². The Morgan fingerprint density at radius 3 is 2.86 bits per heavy atom. The predicted molar refractivity (Wildman–Crippen MR) is 96.3 cm³/mol. The van der Waals surface area contributed by atoms with Gasteiger partial charge < -0.3 is 14.6 Å². The van der Waals surface area contributed by atoms with Gasteiger partial charge in [-0.1, -0.05) is 6.07 Å². The predicted octanol–water partition coefficient (Wildman–Crippen LogP) is 2.55. The number of aromatic nitrogens is 6. The Bertz CT molecular complexity index is 970. The molecule has 148 valence electrons. The number of hydrogen-bond donors (Lipinski definition) is 1. The van der Waals surface area contributed by atoms with Gasteiger partial charge in [-0.05, 0) is 19.1 Å². The van der Waals surface area contributed by atoms with Crippen molar-refractivity contribution in [3.05, 3.63) is 36.3 Å². The van der Waals surface area contributed by atoms with E-state index in [0.717, 1.165) is 0 Å². The van der Waals surface area contributed by atoms with Crippen LogP contribution in [0.15, 0.2) is 30.7 Å². The number of halogens is 2. The summed E-state index contributed by atoms with van der Waals surface area (Å²) in [6.45, 7) is 1.65. The quantitative estimate of drug-likeness (QED) is 0.664. The first-order chi connectivity index (χ1) is 13.4.